The maximum Gasteiger partial charge on any atom is 0.147 e. The maximum absolute atomic E-state index is 5.49. The van der Waals surface area contributed by atoms with Crippen molar-refractivity contribution in [3.8, 4) is 0 Å². The molecule has 1 aromatic rings. The minimum Gasteiger partial charge on any atom is -0.364 e. The number of pyridine rings is 1. The summed E-state index contributed by atoms with van der Waals surface area (Å²) >= 11 is 0. The molecule has 0 saturated carbocycles. The van der Waals surface area contributed by atoms with Gasteiger partial charge in [-0.1, -0.05) is 6.07 Å². The van der Waals surface area contributed by atoms with E-state index in [1.54, 1.807) is 6.20 Å². The van der Waals surface area contributed by atoms with Gasteiger partial charge in [0.1, 0.15) is 11.5 Å². The Morgan fingerprint density at radius 2 is 2.43 bits per heavy atom. The lowest BCUT2D eigenvalue weighted by Crippen LogP contribution is -2.32. The standard InChI is InChI=1S/C10H14N4/c11-5-4-8-7-13-10(14-8)9-3-1-2-6-12-9/h1-3,6,8H,4-5,7,11H2,(H,13,14). The highest BCUT2D eigenvalue weighted by Gasteiger charge is 2.17. The monoisotopic (exact) mass is 190 g/mol. The summed E-state index contributed by atoms with van der Waals surface area (Å²) in [4.78, 5) is 8.62. The minimum atomic E-state index is 0.386. The number of nitrogens with one attached hydrogen (secondary N) is 1. The van der Waals surface area contributed by atoms with Crippen LogP contribution >= 0.6 is 0 Å². The van der Waals surface area contributed by atoms with Crippen LogP contribution in [0, 0.1) is 0 Å². The third-order valence-corrected chi connectivity index (χ3v) is 2.23. The van der Waals surface area contributed by atoms with Crippen LogP contribution in [0.2, 0.25) is 0 Å². The lowest BCUT2D eigenvalue weighted by molar-refractivity contribution is 0.609. The summed E-state index contributed by atoms with van der Waals surface area (Å²) in [6.07, 6.45) is 2.73. The molecule has 1 aromatic heterocycles. The Labute approximate surface area is 83.3 Å². The normalized spacial score (nSPS) is 20.4. The predicted molar refractivity (Wildman–Crippen MR) is 56.2 cm³/mol. The average molecular weight is 190 g/mol. The molecular formula is C10H14N4. The van der Waals surface area contributed by atoms with E-state index in [1.165, 1.54) is 0 Å². The van der Waals surface area contributed by atoms with E-state index in [9.17, 15) is 0 Å². The van der Waals surface area contributed by atoms with E-state index >= 15 is 0 Å². The van der Waals surface area contributed by atoms with Gasteiger partial charge in [-0.05, 0) is 25.1 Å². The topological polar surface area (TPSA) is 63.3 Å². The molecule has 4 heteroatoms. The van der Waals surface area contributed by atoms with Gasteiger partial charge in [-0.2, -0.15) is 0 Å². The van der Waals surface area contributed by atoms with Crippen LogP contribution in [-0.4, -0.2) is 30.0 Å². The second-order valence-electron chi connectivity index (χ2n) is 3.32. The first-order valence-electron chi connectivity index (χ1n) is 4.82. The highest BCUT2D eigenvalue weighted by Crippen LogP contribution is 2.05. The Bertz CT molecular complexity index is 320. The zero-order valence-electron chi connectivity index (χ0n) is 7.98. The van der Waals surface area contributed by atoms with E-state index in [-0.39, 0.29) is 0 Å². The van der Waals surface area contributed by atoms with Gasteiger partial charge in [-0.3, -0.25) is 9.98 Å². The molecular weight excluding hydrogens is 176 g/mol. The largest absolute Gasteiger partial charge is 0.364 e. The Morgan fingerprint density at radius 1 is 1.50 bits per heavy atom. The first kappa shape index (κ1) is 9.15. The SMILES string of the molecule is NCCC1CN=C(c2ccccn2)N1. The molecule has 0 aromatic carbocycles. The molecule has 1 unspecified atom stereocenters. The van der Waals surface area contributed by atoms with Crippen molar-refractivity contribution in [1.29, 1.82) is 0 Å². The summed E-state index contributed by atoms with van der Waals surface area (Å²) in [5, 5.41) is 3.32. The molecule has 1 aliphatic rings. The number of hydrogen-bond acceptors (Lipinski definition) is 4. The van der Waals surface area contributed by atoms with Gasteiger partial charge in [0.05, 0.1) is 6.54 Å². The number of amidine groups is 1. The zero-order valence-corrected chi connectivity index (χ0v) is 7.98. The van der Waals surface area contributed by atoms with Crippen LogP contribution in [0.1, 0.15) is 12.1 Å². The number of rotatable bonds is 3. The molecule has 1 atom stereocenters. The van der Waals surface area contributed by atoms with Gasteiger partial charge in [0.15, 0.2) is 0 Å². The highest BCUT2D eigenvalue weighted by molar-refractivity contribution is 5.98. The van der Waals surface area contributed by atoms with Crippen LogP contribution in [-0.2, 0) is 0 Å². The van der Waals surface area contributed by atoms with E-state index in [4.69, 9.17) is 5.73 Å². The van der Waals surface area contributed by atoms with Gasteiger partial charge >= 0.3 is 0 Å². The van der Waals surface area contributed by atoms with Crippen molar-refractivity contribution in [3.05, 3.63) is 30.1 Å². The Balaban J connectivity index is 2.02. The van der Waals surface area contributed by atoms with Gasteiger partial charge in [0, 0.05) is 12.2 Å². The Kier molecular flexibility index (Phi) is 2.74. The molecule has 0 fully saturated rings. The first-order chi connectivity index (χ1) is 6.90. The molecule has 0 radical (unpaired) electrons. The second-order valence-corrected chi connectivity index (χ2v) is 3.32. The lowest BCUT2D eigenvalue weighted by Gasteiger charge is -2.09. The number of nitrogens with two attached hydrogens (primary N) is 1. The van der Waals surface area contributed by atoms with Gasteiger partial charge in [0.2, 0.25) is 0 Å². The molecule has 0 bridgehead atoms. The van der Waals surface area contributed by atoms with Crippen LogP contribution in [0.3, 0.4) is 0 Å². The van der Waals surface area contributed by atoms with Gasteiger partial charge in [0.25, 0.3) is 0 Å². The fraction of sp³-hybridized carbons (Fsp3) is 0.400. The molecule has 14 heavy (non-hydrogen) atoms. The number of aliphatic imine (C=N–C) groups is 1. The van der Waals surface area contributed by atoms with Crippen LogP contribution in [0.25, 0.3) is 0 Å². The summed E-state index contributed by atoms with van der Waals surface area (Å²) in [6.45, 7) is 1.51. The molecule has 4 nitrogen and oxygen atoms in total. The molecule has 0 amide bonds. The summed E-state index contributed by atoms with van der Waals surface area (Å²) < 4.78 is 0. The Hall–Kier alpha value is -1.42. The Morgan fingerprint density at radius 3 is 3.14 bits per heavy atom. The fourth-order valence-corrected chi connectivity index (χ4v) is 1.51. The predicted octanol–water partition coefficient (Wildman–Crippen LogP) is 0.149. The molecule has 0 spiro atoms. The number of aromatic nitrogens is 1. The minimum absolute atomic E-state index is 0.386. The smallest absolute Gasteiger partial charge is 0.147 e. The molecule has 1 aliphatic heterocycles. The lowest BCUT2D eigenvalue weighted by atomic mass is 10.2. The van der Waals surface area contributed by atoms with E-state index in [1.807, 2.05) is 18.2 Å². The summed E-state index contributed by atoms with van der Waals surface area (Å²) in [5.74, 6) is 0.893. The zero-order chi connectivity index (χ0) is 9.80. The van der Waals surface area contributed by atoms with Crippen molar-refractivity contribution in [2.45, 2.75) is 12.5 Å². The van der Waals surface area contributed by atoms with Crippen LogP contribution < -0.4 is 11.1 Å². The maximum atomic E-state index is 5.49. The van der Waals surface area contributed by atoms with E-state index in [0.717, 1.165) is 24.5 Å². The summed E-state index contributed by atoms with van der Waals surface area (Å²) in [6, 6.07) is 6.20. The fourth-order valence-electron chi connectivity index (χ4n) is 1.51. The molecule has 3 N–H and O–H groups in total. The van der Waals surface area contributed by atoms with Gasteiger partial charge in [-0.15, -0.1) is 0 Å². The average Bonchev–Trinajstić information content (AvgIpc) is 2.68. The summed E-state index contributed by atoms with van der Waals surface area (Å²) in [7, 11) is 0. The number of nitrogens with zero attached hydrogens (tertiary/aromatic N) is 2. The van der Waals surface area contributed by atoms with Crippen molar-refractivity contribution >= 4 is 5.84 Å². The van der Waals surface area contributed by atoms with E-state index in [0.29, 0.717) is 12.6 Å². The molecule has 0 aliphatic carbocycles. The van der Waals surface area contributed by atoms with Crippen molar-refractivity contribution in [1.82, 2.24) is 10.3 Å². The van der Waals surface area contributed by atoms with Crippen LogP contribution in [0.4, 0.5) is 0 Å². The van der Waals surface area contributed by atoms with Crippen molar-refractivity contribution < 1.29 is 0 Å². The first-order valence-corrected chi connectivity index (χ1v) is 4.82. The van der Waals surface area contributed by atoms with Crippen LogP contribution in [0.5, 0.6) is 0 Å². The third kappa shape index (κ3) is 1.90. The van der Waals surface area contributed by atoms with E-state index < -0.39 is 0 Å². The second kappa shape index (κ2) is 4.19. The quantitative estimate of drug-likeness (QED) is 0.713. The third-order valence-electron chi connectivity index (χ3n) is 2.23. The van der Waals surface area contributed by atoms with Gasteiger partial charge in [-0.25, -0.2) is 0 Å². The van der Waals surface area contributed by atoms with E-state index in [2.05, 4.69) is 15.3 Å². The van der Waals surface area contributed by atoms with Crippen molar-refractivity contribution in [2.24, 2.45) is 10.7 Å². The highest BCUT2D eigenvalue weighted by atomic mass is 15.1. The molecule has 2 heterocycles. The van der Waals surface area contributed by atoms with Crippen molar-refractivity contribution in [2.75, 3.05) is 13.1 Å². The molecule has 2 rings (SSSR count). The molecule has 74 valence electrons. The van der Waals surface area contributed by atoms with Crippen LogP contribution in [0.15, 0.2) is 29.4 Å². The molecule has 0 saturated heterocycles. The number of hydrogen-bond donors (Lipinski definition) is 2. The van der Waals surface area contributed by atoms with Crippen molar-refractivity contribution in [3.63, 3.8) is 0 Å². The van der Waals surface area contributed by atoms with Gasteiger partial charge < -0.3 is 11.1 Å². The summed E-state index contributed by atoms with van der Waals surface area (Å²) in [5.41, 5.74) is 6.40.